The molecule has 0 N–H and O–H groups in total. The van der Waals surface area contributed by atoms with Gasteiger partial charge in [0.05, 0.1) is 7.11 Å². The number of nitrogens with zero attached hydrogens (tertiary/aromatic N) is 1. The van der Waals surface area contributed by atoms with Crippen molar-refractivity contribution in [2.75, 3.05) is 7.11 Å². The lowest BCUT2D eigenvalue weighted by molar-refractivity contribution is -0.139. The molecule has 1 heterocycles. The van der Waals surface area contributed by atoms with Crippen molar-refractivity contribution < 1.29 is 9.53 Å². The van der Waals surface area contributed by atoms with Crippen LogP contribution in [0.15, 0.2) is 4.99 Å². The molecule has 3 heteroatoms. The molecule has 0 bridgehead atoms. The smallest absolute Gasteiger partial charge is 0.336 e. The van der Waals surface area contributed by atoms with E-state index in [2.05, 4.69) is 16.7 Å². The summed E-state index contributed by atoms with van der Waals surface area (Å²) in [5.41, 5.74) is 0.995. The van der Waals surface area contributed by atoms with Crippen LogP contribution in [0.2, 0.25) is 0 Å². The molecule has 1 atom stereocenters. The second-order valence-corrected chi connectivity index (χ2v) is 2.30. The summed E-state index contributed by atoms with van der Waals surface area (Å²) >= 11 is 0. The molecule has 0 amide bonds. The average Bonchev–Trinajstić information content (AvgIpc) is 2.67. The number of rotatable bonds is 3. The molecule has 0 aromatic rings. The molecular weight excluding hydrogens is 130 g/mol. The summed E-state index contributed by atoms with van der Waals surface area (Å²) in [5.74, 6) is -0.219. The third-order valence-corrected chi connectivity index (χ3v) is 1.47. The lowest BCUT2D eigenvalue weighted by Crippen LogP contribution is -2.13. The Balaban J connectivity index is 2.22. The minimum absolute atomic E-state index is 0.218. The highest BCUT2D eigenvalue weighted by molar-refractivity contribution is 6.16. The number of ether oxygens (including phenoxy) is 1. The zero-order chi connectivity index (χ0) is 7.56. The van der Waals surface area contributed by atoms with Crippen LogP contribution in [-0.2, 0) is 9.53 Å². The Kier molecular flexibility index (Phi) is 2.04. The molecule has 0 radical (unpaired) electrons. The van der Waals surface area contributed by atoms with E-state index in [4.69, 9.17) is 0 Å². The van der Waals surface area contributed by atoms with Crippen LogP contribution in [0.4, 0.5) is 0 Å². The third-order valence-electron chi connectivity index (χ3n) is 1.47. The summed E-state index contributed by atoms with van der Waals surface area (Å²) in [6.45, 7) is 2.06. The largest absolute Gasteiger partial charge is 0.467 e. The molecule has 1 aliphatic heterocycles. The number of carbonyl (C=O) groups is 1. The van der Waals surface area contributed by atoms with Crippen molar-refractivity contribution in [1.82, 2.24) is 0 Å². The first-order valence-electron chi connectivity index (χ1n) is 3.44. The van der Waals surface area contributed by atoms with E-state index >= 15 is 0 Å². The predicted molar refractivity (Wildman–Crippen MR) is 38.1 cm³/mol. The van der Waals surface area contributed by atoms with Gasteiger partial charge in [-0.3, -0.25) is 4.99 Å². The summed E-state index contributed by atoms with van der Waals surface area (Å²) in [4.78, 5) is 14.7. The van der Waals surface area contributed by atoms with Crippen LogP contribution in [0, 0.1) is 0 Å². The van der Waals surface area contributed by atoms with Gasteiger partial charge >= 0.3 is 5.97 Å². The standard InChI is InChI=1S/C7H11NO2/c1-3-4-5-6(8-5)7(9)10-2/h6H,3-4H2,1-2H3/t6-/m0/s1. The molecule has 0 fully saturated rings. The molecule has 0 aliphatic carbocycles. The molecule has 0 saturated carbocycles. The maximum atomic E-state index is 10.7. The van der Waals surface area contributed by atoms with Crippen molar-refractivity contribution >= 4 is 11.7 Å². The van der Waals surface area contributed by atoms with Crippen LogP contribution < -0.4 is 0 Å². The maximum absolute atomic E-state index is 10.7. The fourth-order valence-electron chi connectivity index (χ4n) is 0.886. The Bertz CT molecular complexity index is 174. The zero-order valence-corrected chi connectivity index (χ0v) is 6.26. The van der Waals surface area contributed by atoms with E-state index in [1.54, 1.807) is 0 Å². The highest BCUT2D eigenvalue weighted by Crippen LogP contribution is 2.17. The normalized spacial score (nSPS) is 21.8. The second kappa shape index (κ2) is 2.82. The van der Waals surface area contributed by atoms with Gasteiger partial charge in [0, 0.05) is 5.71 Å². The number of hydrogen-bond acceptors (Lipinski definition) is 3. The minimum Gasteiger partial charge on any atom is -0.467 e. The molecule has 1 rings (SSSR count). The lowest BCUT2D eigenvalue weighted by Gasteiger charge is -1.92. The fourth-order valence-corrected chi connectivity index (χ4v) is 0.886. The molecule has 0 spiro atoms. The number of esters is 1. The van der Waals surface area contributed by atoms with Gasteiger partial charge in [-0.25, -0.2) is 4.79 Å². The summed E-state index contributed by atoms with van der Waals surface area (Å²) in [7, 11) is 1.39. The van der Waals surface area contributed by atoms with Crippen LogP contribution in [0.1, 0.15) is 19.8 Å². The first-order chi connectivity index (χ1) is 4.79. The predicted octanol–water partition coefficient (Wildman–Crippen LogP) is 0.783. The van der Waals surface area contributed by atoms with Gasteiger partial charge in [0.15, 0.2) is 6.04 Å². The number of methoxy groups -OCH3 is 1. The van der Waals surface area contributed by atoms with Gasteiger partial charge in [-0.1, -0.05) is 13.3 Å². The Morgan fingerprint density at radius 3 is 3.00 bits per heavy atom. The Hall–Kier alpha value is -0.860. The minimum atomic E-state index is -0.219. The van der Waals surface area contributed by atoms with Crippen LogP contribution in [-0.4, -0.2) is 24.8 Å². The quantitative estimate of drug-likeness (QED) is 0.545. The second-order valence-electron chi connectivity index (χ2n) is 2.30. The van der Waals surface area contributed by atoms with E-state index in [1.807, 2.05) is 0 Å². The van der Waals surface area contributed by atoms with E-state index in [9.17, 15) is 4.79 Å². The number of carbonyl (C=O) groups excluding carboxylic acids is 1. The van der Waals surface area contributed by atoms with Gasteiger partial charge < -0.3 is 4.74 Å². The topological polar surface area (TPSA) is 38.7 Å². The van der Waals surface area contributed by atoms with Crippen LogP contribution in [0.5, 0.6) is 0 Å². The van der Waals surface area contributed by atoms with Gasteiger partial charge in [0.25, 0.3) is 0 Å². The summed E-state index contributed by atoms with van der Waals surface area (Å²) in [6, 6.07) is -0.218. The van der Waals surface area contributed by atoms with E-state index in [0.717, 1.165) is 18.6 Å². The summed E-state index contributed by atoms with van der Waals surface area (Å²) < 4.78 is 4.50. The zero-order valence-electron chi connectivity index (χ0n) is 6.26. The maximum Gasteiger partial charge on any atom is 0.336 e. The molecule has 0 saturated heterocycles. The molecule has 0 unspecified atom stereocenters. The summed E-state index contributed by atoms with van der Waals surface area (Å²) in [6.07, 6.45) is 1.98. The van der Waals surface area contributed by atoms with Crippen LogP contribution in [0.3, 0.4) is 0 Å². The van der Waals surface area contributed by atoms with E-state index in [-0.39, 0.29) is 12.0 Å². The highest BCUT2D eigenvalue weighted by atomic mass is 16.5. The third kappa shape index (κ3) is 1.35. The number of aliphatic imine (C=N–C) groups is 1. The molecular formula is C7H11NO2. The SMILES string of the molecule is CCCC1=N[C@@H]1C(=O)OC. The molecule has 10 heavy (non-hydrogen) atoms. The molecule has 0 aromatic heterocycles. The average molecular weight is 141 g/mol. The first-order valence-corrected chi connectivity index (χ1v) is 3.44. The van der Waals surface area contributed by atoms with E-state index < -0.39 is 0 Å². The first kappa shape index (κ1) is 7.25. The summed E-state index contributed by atoms with van der Waals surface area (Å²) in [5, 5.41) is 0. The Morgan fingerprint density at radius 1 is 1.80 bits per heavy atom. The van der Waals surface area contributed by atoms with E-state index in [0.29, 0.717) is 0 Å². The van der Waals surface area contributed by atoms with Crippen molar-refractivity contribution in [3.8, 4) is 0 Å². The van der Waals surface area contributed by atoms with Crippen molar-refractivity contribution in [3.05, 3.63) is 0 Å². The lowest BCUT2D eigenvalue weighted by atomic mass is 10.2. The van der Waals surface area contributed by atoms with Gasteiger partial charge in [-0.2, -0.15) is 0 Å². The van der Waals surface area contributed by atoms with Crippen molar-refractivity contribution in [2.45, 2.75) is 25.8 Å². The van der Waals surface area contributed by atoms with Crippen LogP contribution >= 0.6 is 0 Å². The highest BCUT2D eigenvalue weighted by Gasteiger charge is 2.34. The van der Waals surface area contributed by atoms with Crippen LogP contribution in [0.25, 0.3) is 0 Å². The van der Waals surface area contributed by atoms with Crippen molar-refractivity contribution in [3.63, 3.8) is 0 Å². The molecule has 56 valence electrons. The van der Waals surface area contributed by atoms with Gasteiger partial charge in [0.1, 0.15) is 0 Å². The Morgan fingerprint density at radius 2 is 2.50 bits per heavy atom. The number of hydrogen-bond donors (Lipinski definition) is 0. The monoisotopic (exact) mass is 141 g/mol. The van der Waals surface area contributed by atoms with Gasteiger partial charge in [0.2, 0.25) is 0 Å². The van der Waals surface area contributed by atoms with Gasteiger partial charge in [-0.15, -0.1) is 0 Å². The molecule has 0 aromatic carbocycles. The van der Waals surface area contributed by atoms with E-state index in [1.165, 1.54) is 7.11 Å². The van der Waals surface area contributed by atoms with Crippen molar-refractivity contribution in [2.24, 2.45) is 4.99 Å². The van der Waals surface area contributed by atoms with Crippen molar-refractivity contribution in [1.29, 1.82) is 0 Å². The molecule has 3 nitrogen and oxygen atoms in total. The Labute approximate surface area is 60.1 Å². The molecule has 1 aliphatic rings. The fraction of sp³-hybridized carbons (Fsp3) is 0.714. The van der Waals surface area contributed by atoms with Gasteiger partial charge in [-0.05, 0) is 6.42 Å².